The summed E-state index contributed by atoms with van der Waals surface area (Å²) >= 11 is 1.55. The second-order valence-electron chi connectivity index (χ2n) is 5.72. The Morgan fingerprint density at radius 1 is 1.26 bits per heavy atom. The van der Waals surface area contributed by atoms with E-state index in [2.05, 4.69) is 27.0 Å². The fraction of sp³-hybridized carbons (Fsp3) is 0.0526. The first-order valence-corrected chi connectivity index (χ1v) is 9.10. The van der Waals surface area contributed by atoms with Crippen LogP contribution in [0.2, 0.25) is 0 Å². The molecule has 4 aromatic rings. The predicted octanol–water partition coefficient (Wildman–Crippen LogP) is 3.03. The second-order valence-corrected chi connectivity index (χ2v) is 6.69. The Hall–Kier alpha value is -3.52. The van der Waals surface area contributed by atoms with E-state index in [0.29, 0.717) is 28.7 Å². The molecule has 4 rings (SSSR count). The molecule has 0 spiro atoms. The molecule has 3 N–H and O–H groups in total. The summed E-state index contributed by atoms with van der Waals surface area (Å²) in [6.07, 6.45) is 3.28. The Bertz CT molecular complexity index is 1180. The van der Waals surface area contributed by atoms with Crippen molar-refractivity contribution in [1.82, 2.24) is 20.0 Å². The summed E-state index contributed by atoms with van der Waals surface area (Å²) in [6.45, 7) is 3.94. The summed E-state index contributed by atoms with van der Waals surface area (Å²) in [5.41, 5.74) is 8.77. The average Bonchev–Trinajstić information content (AvgIpc) is 3.28. The van der Waals surface area contributed by atoms with Gasteiger partial charge in [-0.2, -0.15) is 9.78 Å². The molecule has 7 nitrogen and oxygen atoms in total. The largest absolute Gasteiger partial charge is 0.383 e. The number of carbonyl (C=O) groups excluding carboxylic acids is 1. The second kappa shape index (κ2) is 7.00. The van der Waals surface area contributed by atoms with Crippen molar-refractivity contribution >= 4 is 51.5 Å². The van der Waals surface area contributed by atoms with Gasteiger partial charge >= 0.3 is 0 Å². The van der Waals surface area contributed by atoms with Crippen LogP contribution in [0.1, 0.15) is 15.2 Å². The van der Waals surface area contributed by atoms with Crippen molar-refractivity contribution in [1.29, 1.82) is 0 Å². The van der Waals surface area contributed by atoms with Crippen molar-refractivity contribution < 1.29 is 4.79 Å². The number of hydrogen-bond acceptors (Lipinski definition) is 6. The quantitative estimate of drug-likeness (QED) is 0.413. The first-order chi connectivity index (χ1) is 13.2. The number of para-hydroxylation sites is 2. The topological polar surface area (TPSA) is 98.2 Å². The lowest BCUT2D eigenvalue weighted by atomic mass is 10.2. The van der Waals surface area contributed by atoms with E-state index >= 15 is 0 Å². The molecule has 0 saturated carbocycles. The number of carbonyl (C=O) groups is 1. The fourth-order valence-corrected chi connectivity index (χ4v) is 3.30. The maximum absolute atomic E-state index is 12.7. The van der Waals surface area contributed by atoms with Crippen molar-refractivity contribution in [3.63, 3.8) is 0 Å². The molecule has 0 aliphatic heterocycles. The van der Waals surface area contributed by atoms with Crippen LogP contribution in [0, 0.1) is 0 Å². The van der Waals surface area contributed by atoms with Gasteiger partial charge in [-0.3, -0.25) is 4.79 Å². The van der Waals surface area contributed by atoms with Crippen molar-refractivity contribution in [3.05, 3.63) is 64.9 Å². The Kier molecular flexibility index (Phi) is 4.39. The molecular formula is C19H16N6OS. The van der Waals surface area contributed by atoms with E-state index in [0.717, 1.165) is 4.88 Å². The predicted molar refractivity (Wildman–Crippen MR) is 109 cm³/mol. The van der Waals surface area contributed by atoms with Gasteiger partial charge in [-0.25, -0.2) is 9.97 Å². The number of amides is 1. The Morgan fingerprint density at radius 3 is 2.74 bits per heavy atom. The average molecular weight is 376 g/mol. The molecule has 0 aliphatic carbocycles. The van der Waals surface area contributed by atoms with Crippen LogP contribution >= 0.6 is 11.3 Å². The van der Waals surface area contributed by atoms with Gasteiger partial charge in [0.05, 0.1) is 17.2 Å². The van der Waals surface area contributed by atoms with Gasteiger partial charge in [0.15, 0.2) is 5.65 Å². The van der Waals surface area contributed by atoms with Crippen LogP contribution in [0.3, 0.4) is 0 Å². The highest BCUT2D eigenvalue weighted by Gasteiger charge is 2.23. The summed E-state index contributed by atoms with van der Waals surface area (Å²) in [7, 11) is 0. The number of nitrogens with zero attached hydrogens (tertiary/aromatic N) is 4. The van der Waals surface area contributed by atoms with Crippen LogP contribution in [0.25, 0.3) is 22.2 Å². The van der Waals surface area contributed by atoms with E-state index in [1.807, 2.05) is 41.8 Å². The Morgan fingerprint density at radius 2 is 2.04 bits per heavy atom. The lowest BCUT2D eigenvalue weighted by Gasteiger charge is -2.02. The van der Waals surface area contributed by atoms with Crippen LogP contribution in [-0.4, -0.2) is 33.3 Å². The van der Waals surface area contributed by atoms with Crippen LogP contribution < -0.4 is 11.1 Å². The maximum Gasteiger partial charge on any atom is 0.257 e. The molecule has 0 unspecified atom stereocenters. The highest BCUT2D eigenvalue weighted by Crippen LogP contribution is 2.27. The molecule has 0 aliphatic rings. The minimum Gasteiger partial charge on any atom is -0.383 e. The Labute approximate surface area is 158 Å². The van der Waals surface area contributed by atoms with E-state index in [1.54, 1.807) is 23.6 Å². The number of nitrogen functional groups attached to an aromatic ring is 1. The van der Waals surface area contributed by atoms with E-state index < -0.39 is 0 Å². The molecule has 27 heavy (non-hydrogen) atoms. The zero-order valence-corrected chi connectivity index (χ0v) is 15.1. The normalized spacial score (nSPS) is 11.4. The van der Waals surface area contributed by atoms with E-state index in [9.17, 15) is 4.79 Å². The lowest BCUT2D eigenvalue weighted by Crippen LogP contribution is -2.24. The molecule has 3 aromatic heterocycles. The molecule has 134 valence electrons. The molecule has 3 heterocycles. The van der Waals surface area contributed by atoms with Crippen LogP contribution in [-0.2, 0) is 0 Å². The van der Waals surface area contributed by atoms with Gasteiger partial charge in [-0.1, -0.05) is 24.3 Å². The van der Waals surface area contributed by atoms with Gasteiger partial charge in [0, 0.05) is 11.4 Å². The number of aromatic nitrogens is 3. The van der Waals surface area contributed by atoms with E-state index in [1.165, 1.54) is 4.68 Å². The number of nitrogens with two attached hydrogens (primary N) is 1. The fourth-order valence-electron chi connectivity index (χ4n) is 2.72. The minimum atomic E-state index is -0.341. The maximum atomic E-state index is 12.7. The highest BCUT2D eigenvalue weighted by atomic mass is 32.1. The first-order valence-electron chi connectivity index (χ1n) is 8.22. The summed E-state index contributed by atoms with van der Waals surface area (Å²) in [6, 6.07) is 11.3. The van der Waals surface area contributed by atoms with Crippen molar-refractivity contribution in [3.8, 4) is 0 Å². The molecular weight excluding hydrogens is 360 g/mol. The smallest absolute Gasteiger partial charge is 0.257 e. The Balaban J connectivity index is 1.95. The molecule has 0 atom stereocenters. The summed E-state index contributed by atoms with van der Waals surface area (Å²) in [5.74, 6) is -0.151. The lowest BCUT2D eigenvalue weighted by molar-refractivity contribution is 0.0960. The summed E-state index contributed by atoms with van der Waals surface area (Å²) in [5, 5.41) is 9.14. The van der Waals surface area contributed by atoms with E-state index in [-0.39, 0.29) is 17.3 Å². The highest BCUT2D eigenvalue weighted by molar-refractivity contribution is 7.11. The number of rotatable bonds is 5. The van der Waals surface area contributed by atoms with Crippen LogP contribution in [0.15, 0.2) is 59.5 Å². The van der Waals surface area contributed by atoms with Crippen LogP contribution in [0.5, 0.6) is 0 Å². The zero-order chi connectivity index (χ0) is 18.8. The molecule has 0 radical (unpaired) electrons. The van der Waals surface area contributed by atoms with Gasteiger partial charge in [0.25, 0.3) is 5.91 Å². The molecule has 1 amide bonds. The third-order valence-corrected chi connectivity index (χ3v) is 4.76. The first kappa shape index (κ1) is 16.9. The third kappa shape index (κ3) is 3.06. The van der Waals surface area contributed by atoms with Gasteiger partial charge in [-0.05, 0) is 23.6 Å². The van der Waals surface area contributed by atoms with Crippen molar-refractivity contribution in [2.75, 3.05) is 12.3 Å². The monoisotopic (exact) mass is 376 g/mol. The van der Waals surface area contributed by atoms with Gasteiger partial charge in [0.2, 0.25) is 0 Å². The molecule has 8 heteroatoms. The third-order valence-electron chi connectivity index (χ3n) is 3.95. The van der Waals surface area contributed by atoms with Gasteiger partial charge in [-0.15, -0.1) is 17.9 Å². The number of hydrogen-bond donors (Lipinski definition) is 2. The summed E-state index contributed by atoms with van der Waals surface area (Å²) in [4.78, 5) is 22.9. The number of fused-ring (bicyclic) bond motifs is 2. The van der Waals surface area contributed by atoms with Crippen molar-refractivity contribution in [2.45, 2.75) is 0 Å². The standard InChI is InChI=1S/C19H16N6OS/c1-2-9-21-19(26)15-16-18(24-14-8-4-3-7-13(14)23-16)25(17(15)20)22-11-12-6-5-10-27-12/h2-8,10-11H,1,9,20H2,(H,21,26). The number of nitrogens with one attached hydrogen (secondary N) is 1. The molecule has 0 fully saturated rings. The molecule has 0 bridgehead atoms. The number of thiophene rings is 1. The zero-order valence-electron chi connectivity index (χ0n) is 14.3. The minimum absolute atomic E-state index is 0.190. The molecule has 0 saturated heterocycles. The SMILES string of the molecule is C=CCNC(=O)c1c(N)n(N=Cc2cccs2)c2nc3ccccc3nc12. The number of anilines is 1. The van der Waals surface area contributed by atoms with Crippen molar-refractivity contribution in [2.24, 2.45) is 5.10 Å². The summed E-state index contributed by atoms with van der Waals surface area (Å²) < 4.78 is 1.46. The van der Waals surface area contributed by atoms with Gasteiger partial charge in [0.1, 0.15) is 16.9 Å². The number of benzene rings is 1. The van der Waals surface area contributed by atoms with E-state index in [4.69, 9.17) is 5.73 Å². The molecule has 1 aromatic carbocycles. The van der Waals surface area contributed by atoms with Crippen LogP contribution in [0.4, 0.5) is 5.82 Å². The van der Waals surface area contributed by atoms with Gasteiger partial charge < -0.3 is 11.1 Å².